The third kappa shape index (κ3) is 3.58. The van der Waals surface area contributed by atoms with Gasteiger partial charge in [0, 0.05) is 11.4 Å². The molecule has 0 amide bonds. The maximum absolute atomic E-state index is 4.63. The molecule has 0 fully saturated rings. The number of benzene rings is 1. The van der Waals surface area contributed by atoms with Crippen molar-refractivity contribution in [3.8, 4) is 0 Å². The minimum Gasteiger partial charge on any atom is -0.338 e. The molecule has 0 unspecified atom stereocenters. The molecule has 1 heterocycles. The number of rotatable bonds is 4. The van der Waals surface area contributed by atoms with Crippen LogP contribution in [0.4, 0.5) is 17.2 Å². The van der Waals surface area contributed by atoms with Crippen LogP contribution in [0.3, 0.4) is 0 Å². The highest BCUT2D eigenvalue weighted by molar-refractivity contribution is 5.99. The third-order valence-corrected chi connectivity index (χ3v) is 3.54. The van der Waals surface area contributed by atoms with Crippen LogP contribution in [0.1, 0.15) is 30.7 Å². The molecular formula is C18H22N4. The molecule has 22 heavy (non-hydrogen) atoms. The molecule has 114 valence electrons. The summed E-state index contributed by atoms with van der Waals surface area (Å²) in [5.41, 5.74) is 6.82. The Morgan fingerprint density at radius 1 is 1.14 bits per heavy atom. The van der Waals surface area contributed by atoms with Gasteiger partial charge in [-0.3, -0.25) is 0 Å². The predicted molar refractivity (Wildman–Crippen MR) is 93.6 cm³/mol. The van der Waals surface area contributed by atoms with Crippen LogP contribution in [0, 0.1) is 20.8 Å². The first-order valence-corrected chi connectivity index (χ1v) is 7.25. The van der Waals surface area contributed by atoms with Gasteiger partial charge in [0.15, 0.2) is 5.82 Å². The molecule has 4 nitrogen and oxygen atoms in total. The maximum Gasteiger partial charge on any atom is 0.160 e. The van der Waals surface area contributed by atoms with Crippen molar-refractivity contribution in [1.29, 1.82) is 0 Å². The number of aromatic nitrogens is 2. The van der Waals surface area contributed by atoms with Crippen molar-refractivity contribution in [2.24, 2.45) is 4.99 Å². The standard InChI is InChI=1S/C18H22N4/c1-11(2)14(5)21-17-15(6)19-10-20-18(17)22-16-8-7-12(3)9-13(16)4/h7-10H,1H2,2-6H3,(H,19,20,22). The van der Waals surface area contributed by atoms with Crippen LogP contribution in [0.5, 0.6) is 0 Å². The third-order valence-electron chi connectivity index (χ3n) is 3.54. The molecule has 1 N–H and O–H groups in total. The van der Waals surface area contributed by atoms with Crippen LogP contribution in [0.15, 0.2) is 41.7 Å². The molecule has 1 aromatic carbocycles. The van der Waals surface area contributed by atoms with E-state index in [4.69, 9.17) is 0 Å². The van der Waals surface area contributed by atoms with Crippen molar-refractivity contribution in [3.63, 3.8) is 0 Å². The maximum atomic E-state index is 4.63. The molecule has 0 saturated heterocycles. The smallest absolute Gasteiger partial charge is 0.160 e. The highest BCUT2D eigenvalue weighted by atomic mass is 15.1. The average molecular weight is 294 g/mol. The second-order valence-electron chi connectivity index (χ2n) is 5.58. The van der Waals surface area contributed by atoms with Crippen LogP contribution in [0.25, 0.3) is 0 Å². The Kier molecular flexibility index (Phi) is 4.71. The van der Waals surface area contributed by atoms with Gasteiger partial charge >= 0.3 is 0 Å². The van der Waals surface area contributed by atoms with Crippen molar-refractivity contribution in [2.75, 3.05) is 5.32 Å². The van der Waals surface area contributed by atoms with Gasteiger partial charge in [0.2, 0.25) is 0 Å². The van der Waals surface area contributed by atoms with E-state index in [0.29, 0.717) is 5.82 Å². The zero-order valence-electron chi connectivity index (χ0n) is 13.9. The molecule has 0 spiro atoms. The average Bonchev–Trinajstić information content (AvgIpc) is 2.45. The Hall–Kier alpha value is -2.49. The molecule has 0 bridgehead atoms. The number of anilines is 2. The second kappa shape index (κ2) is 6.52. The minimum atomic E-state index is 0.708. The lowest BCUT2D eigenvalue weighted by Crippen LogP contribution is -2.00. The number of allylic oxidation sites excluding steroid dienone is 1. The first-order chi connectivity index (χ1) is 10.4. The number of nitrogens with zero attached hydrogens (tertiary/aromatic N) is 3. The molecule has 2 rings (SSSR count). The first kappa shape index (κ1) is 15.9. The minimum absolute atomic E-state index is 0.708. The summed E-state index contributed by atoms with van der Waals surface area (Å²) in [6.45, 7) is 13.9. The van der Waals surface area contributed by atoms with Crippen molar-refractivity contribution < 1.29 is 0 Å². The molecule has 0 aliphatic rings. The van der Waals surface area contributed by atoms with Gasteiger partial charge in [0.1, 0.15) is 12.0 Å². The van der Waals surface area contributed by atoms with Gasteiger partial charge < -0.3 is 5.32 Å². The van der Waals surface area contributed by atoms with Gasteiger partial charge in [-0.25, -0.2) is 15.0 Å². The van der Waals surface area contributed by atoms with Gasteiger partial charge in [0.25, 0.3) is 0 Å². The SMILES string of the molecule is C=C(C)C(C)=Nc1c(C)ncnc1Nc1ccc(C)cc1C. The second-order valence-corrected chi connectivity index (χ2v) is 5.58. The van der Waals surface area contributed by atoms with Gasteiger partial charge in [0.05, 0.1) is 5.69 Å². The lowest BCUT2D eigenvalue weighted by Gasteiger charge is -2.13. The van der Waals surface area contributed by atoms with E-state index >= 15 is 0 Å². The highest BCUT2D eigenvalue weighted by Gasteiger charge is 2.10. The monoisotopic (exact) mass is 294 g/mol. The van der Waals surface area contributed by atoms with Crippen molar-refractivity contribution in [1.82, 2.24) is 9.97 Å². The lowest BCUT2D eigenvalue weighted by atomic mass is 10.1. The van der Waals surface area contributed by atoms with E-state index in [1.165, 1.54) is 11.1 Å². The Labute approximate surface area is 132 Å². The summed E-state index contributed by atoms with van der Waals surface area (Å²) < 4.78 is 0. The van der Waals surface area contributed by atoms with E-state index in [-0.39, 0.29) is 0 Å². The number of aliphatic imine (C=N–C) groups is 1. The molecule has 1 aromatic heterocycles. The Balaban J connectivity index is 2.45. The van der Waals surface area contributed by atoms with Gasteiger partial charge in [-0.05, 0) is 51.8 Å². The summed E-state index contributed by atoms with van der Waals surface area (Å²) >= 11 is 0. The summed E-state index contributed by atoms with van der Waals surface area (Å²) in [6.07, 6.45) is 1.55. The number of aryl methyl sites for hydroxylation is 3. The van der Waals surface area contributed by atoms with E-state index in [2.05, 4.69) is 58.9 Å². The van der Waals surface area contributed by atoms with Crippen molar-refractivity contribution >= 4 is 22.9 Å². The first-order valence-electron chi connectivity index (χ1n) is 7.25. The quantitative estimate of drug-likeness (QED) is 0.823. The molecule has 0 atom stereocenters. The fourth-order valence-electron chi connectivity index (χ4n) is 2.04. The summed E-state index contributed by atoms with van der Waals surface area (Å²) in [4.78, 5) is 13.2. The zero-order valence-corrected chi connectivity index (χ0v) is 13.9. The fourth-order valence-corrected chi connectivity index (χ4v) is 2.04. The van der Waals surface area contributed by atoms with Crippen molar-refractivity contribution in [3.05, 3.63) is 53.5 Å². The van der Waals surface area contributed by atoms with E-state index in [9.17, 15) is 0 Å². The Bertz CT molecular complexity index is 745. The highest BCUT2D eigenvalue weighted by Crippen LogP contribution is 2.30. The number of nitrogens with one attached hydrogen (secondary N) is 1. The van der Waals surface area contributed by atoms with E-state index in [1.807, 2.05) is 20.8 Å². The molecule has 0 saturated carbocycles. The predicted octanol–water partition coefficient (Wildman–Crippen LogP) is 4.81. The van der Waals surface area contributed by atoms with Gasteiger partial charge in [-0.2, -0.15) is 0 Å². The van der Waals surface area contributed by atoms with Gasteiger partial charge in [-0.15, -0.1) is 0 Å². The van der Waals surface area contributed by atoms with Crippen LogP contribution in [-0.2, 0) is 0 Å². The van der Waals surface area contributed by atoms with Crippen LogP contribution >= 0.6 is 0 Å². The Morgan fingerprint density at radius 2 is 1.86 bits per heavy atom. The molecule has 0 aliphatic heterocycles. The molecule has 4 heteroatoms. The zero-order chi connectivity index (χ0) is 16.3. The van der Waals surface area contributed by atoms with Crippen LogP contribution in [0.2, 0.25) is 0 Å². The van der Waals surface area contributed by atoms with Crippen LogP contribution < -0.4 is 5.32 Å². The van der Waals surface area contributed by atoms with Crippen molar-refractivity contribution in [2.45, 2.75) is 34.6 Å². The van der Waals surface area contributed by atoms with E-state index < -0.39 is 0 Å². The normalized spacial score (nSPS) is 11.4. The summed E-state index contributed by atoms with van der Waals surface area (Å²) in [7, 11) is 0. The number of hydrogen-bond donors (Lipinski definition) is 1. The lowest BCUT2D eigenvalue weighted by molar-refractivity contribution is 1.09. The summed E-state index contributed by atoms with van der Waals surface area (Å²) in [5.74, 6) is 0.708. The summed E-state index contributed by atoms with van der Waals surface area (Å²) in [5, 5.41) is 3.37. The molecule has 2 aromatic rings. The number of hydrogen-bond acceptors (Lipinski definition) is 4. The summed E-state index contributed by atoms with van der Waals surface area (Å²) in [6, 6.07) is 6.27. The largest absolute Gasteiger partial charge is 0.338 e. The van der Waals surface area contributed by atoms with E-state index in [1.54, 1.807) is 6.33 Å². The van der Waals surface area contributed by atoms with E-state index in [0.717, 1.165) is 28.4 Å². The molecular weight excluding hydrogens is 272 g/mol. The molecule has 0 aliphatic carbocycles. The van der Waals surface area contributed by atoms with Crippen LogP contribution in [-0.4, -0.2) is 15.7 Å². The topological polar surface area (TPSA) is 50.2 Å². The van der Waals surface area contributed by atoms with Gasteiger partial charge in [-0.1, -0.05) is 24.3 Å². The fraction of sp³-hybridized carbons (Fsp3) is 0.278. The Morgan fingerprint density at radius 3 is 2.50 bits per heavy atom. The molecule has 0 radical (unpaired) electrons.